The molecule has 0 spiro atoms. The Labute approximate surface area is 191 Å². The first-order valence-electron chi connectivity index (χ1n) is 8.81. The molecular formula is C20H14Cl3FN4OS. The lowest BCUT2D eigenvalue weighted by molar-refractivity contribution is 0.218. The molecular weight excluding hydrogens is 470 g/mol. The number of hydrogen-bond donors (Lipinski definition) is 0. The zero-order valence-electron chi connectivity index (χ0n) is 15.5. The summed E-state index contributed by atoms with van der Waals surface area (Å²) in [6.07, 6.45) is 1.24. The lowest BCUT2D eigenvalue weighted by Crippen LogP contribution is -2.10. The highest BCUT2D eigenvalue weighted by Gasteiger charge is 2.17. The average Bonchev–Trinajstić information content (AvgIpc) is 3.12. The van der Waals surface area contributed by atoms with Crippen LogP contribution in [0.3, 0.4) is 0 Å². The van der Waals surface area contributed by atoms with Crippen molar-refractivity contribution in [2.24, 2.45) is 0 Å². The average molecular weight is 484 g/mol. The fourth-order valence-corrected chi connectivity index (χ4v) is 4.41. The first-order valence-corrected chi connectivity index (χ1v) is 10.9. The van der Waals surface area contributed by atoms with Crippen LogP contribution in [0.4, 0.5) is 4.39 Å². The van der Waals surface area contributed by atoms with Gasteiger partial charge in [0, 0.05) is 27.6 Å². The number of benzene rings is 2. The predicted molar refractivity (Wildman–Crippen MR) is 117 cm³/mol. The summed E-state index contributed by atoms with van der Waals surface area (Å²) < 4.78 is 21.6. The van der Waals surface area contributed by atoms with E-state index in [1.807, 2.05) is 6.92 Å². The van der Waals surface area contributed by atoms with Gasteiger partial charge in [-0.05, 0) is 43.3 Å². The van der Waals surface area contributed by atoms with Gasteiger partial charge in [0.15, 0.2) is 0 Å². The van der Waals surface area contributed by atoms with Crippen LogP contribution in [-0.4, -0.2) is 19.6 Å². The highest BCUT2D eigenvalue weighted by atomic mass is 35.5. The SMILES string of the molecule is CC(Oc1ccc(Cl)cc1Cl)c1ccnc2nc(SCc3c(F)cccc3Cl)nn12. The summed E-state index contributed by atoms with van der Waals surface area (Å²) in [7, 11) is 0. The lowest BCUT2D eigenvalue weighted by atomic mass is 10.2. The minimum atomic E-state index is -0.394. The molecule has 5 nitrogen and oxygen atoms in total. The summed E-state index contributed by atoms with van der Waals surface area (Å²) >= 11 is 19.5. The molecule has 1 atom stereocenters. The Bertz CT molecular complexity index is 1200. The van der Waals surface area contributed by atoms with Crippen molar-refractivity contribution in [1.82, 2.24) is 19.6 Å². The number of halogens is 4. The third kappa shape index (κ3) is 4.49. The minimum absolute atomic E-state index is 0.296. The van der Waals surface area contributed by atoms with Crippen LogP contribution in [0, 0.1) is 5.82 Å². The molecule has 10 heteroatoms. The predicted octanol–water partition coefficient (Wildman–Crippen LogP) is 6.66. The normalized spacial score (nSPS) is 12.3. The Morgan fingerprint density at radius 3 is 2.73 bits per heavy atom. The molecule has 30 heavy (non-hydrogen) atoms. The van der Waals surface area contributed by atoms with Gasteiger partial charge in [0.25, 0.3) is 5.78 Å². The second-order valence-electron chi connectivity index (χ2n) is 6.30. The maximum absolute atomic E-state index is 14.0. The van der Waals surface area contributed by atoms with E-state index in [0.717, 1.165) is 5.69 Å². The van der Waals surface area contributed by atoms with Gasteiger partial charge in [0.05, 0.1) is 10.7 Å². The van der Waals surface area contributed by atoms with Crippen molar-refractivity contribution in [1.29, 1.82) is 0 Å². The van der Waals surface area contributed by atoms with Gasteiger partial charge in [0.1, 0.15) is 17.7 Å². The van der Waals surface area contributed by atoms with E-state index in [-0.39, 0.29) is 5.82 Å². The van der Waals surface area contributed by atoms with Crippen molar-refractivity contribution in [2.45, 2.75) is 23.9 Å². The molecule has 2 aromatic carbocycles. The van der Waals surface area contributed by atoms with Crippen molar-refractivity contribution in [3.8, 4) is 5.75 Å². The maximum Gasteiger partial charge on any atom is 0.253 e. The Morgan fingerprint density at radius 1 is 1.13 bits per heavy atom. The molecule has 0 N–H and O–H groups in total. The number of hydrogen-bond acceptors (Lipinski definition) is 5. The monoisotopic (exact) mass is 482 g/mol. The van der Waals surface area contributed by atoms with Gasteiger partial charge in [-0.15, -0.1) is 5.10 Å². The Balaban J connectivity index is 1.57. The van der Waals surface area contributed by atoms with Crippen molar-refractivity contribution in [3.63, 3.8) is 0 Å². The summed E-state index contributed by atoms with van der Waals surface area (Å²) in [6.45, 7) is 1.87. The molecule has 0 aliphatic carbocycles. The van der Waals surface area contributed by atoms with Crippen molar-refractivity contribution in [3.05, 3.63) is 80.8 Å². The first-order chi connectivity index (χ1) is 14.4. The first kappa shape index (κ1) is 21.2. The number of thioether (sulfide) groups is 1. The zero-order chi connectivity index (χ0) is 21.3. The third-order valence-electron chi connectivity index (χ3n) is 4.27. The van der Waals surface area contributed by atoms with Crippen LogP contribution >= 0.6 is 46.6 Å². The van der Waals surface area contributed by atoms with Crippen LogP contribution in [0.5, 0.6) is 5.75 Å². The van der Waals surface area contributed by atoms with Gasteiger partial charge in [0.2, 0.25) is 5.16 Å². The topological polar surface area (TPSA) is 52.3 Å². The standard InChI is InChI=1S/C20H14Cl3FN4OS/c1-11(29-18-6-5-12(21)9-15(18)23)17-7-8-25-19-26-20(27-28(17)19)30-10-13-14(22)3-2-4-16(13)24/h2-9,11H,10H2,1H3. The van der Waals surface area contributed by atoms with Crippen molar-refractivity contribution in [2.75, 3.05) is 0 Å². The third-order valence-corrected chi connectivity index (χ3v) is 6.02. The summed E-state index contributed by atoms with van der Waals surface area (Å²) in [4.78, 5) is 8.65. The lowest BCUT2D eigenvalue weighted by Gasteiger charge is -2.16. The van der Waals surface area contributed by atoms with E-state index in [0.29, 0.717) is 43.1 Å². The number of nitrogens with zero attached hydrogens (tertiary/aromatic N) is 4. The summed E-state index contributed by atoms with van der Waals surface area (Å²) in [5, 5.41) is 6.25. The van der Waals surface area contributed by atoms with Gasteiger partial charge in [-0.3, -0.25) is 0 Å². The number of aromatic nitrogens is 4. The van der Waals surface area contributed by atoms with E-state index in [2.05, 4.69) is 15.1 Å². The fraction of sp³-hybridized carbons (Fsp3) is 0.150. The van der Waals surface area contributed by atoms with Gasteiger partial charge in [-0.2, -0.15) is 9.50 Å². The zero-order valence-corrected chi connectivity index (χ0v) is 18.6. The van der Waals surface area contributed by atoms with Gasteiger partial charge in [-0.25, -0.2) is 9.37 Å². The molecule has 4 aromatic rings. The highest BCUT2D eigenvalue weighted by Crippen LogP contribution is 2.32. The Kier molecular flexibility index (Phi) is 6.34. The van der Waals surface area contributed by atoms with E-state index in [1.54, 1.807) is 47.1 Å². The van der Waals surface area contributed by atoms with Crippen LogP contribution < -0.4 is 4.74 Å². The molecule has 4 rings (SSSR count). The second kappa shape index (κ2) is 8.98. The van der Waals surface area contributed by atoms with E-state index in [4.69, 9.17) is 39.5 Å². The summed E-state index contributed by atoms with van der Waals surface area (Å²) in [6, 6.07) is 11.4. The van der Waals surface area contributed by atoms with E-state index in [9.17, 15) is 4.39 Å². The smallest absolute Gasteiger partial charge is 0.253 e. The highest BCUT2D eigenvalue weighted by molar-refractivity contribution is 7.98. The molecule has 0 bridgehead atoms. The van der Waals surface area contributed by atoms with Gasteiger partial charge in [-0.1, -0.05) is 52.6 Å². The molecule has 0 radical (unpaired) electrons. The maximum atomic E-state index is 14.0. The van der Waals surface area contributed by atoms with Crippen LogP contribution in [-0.2, 0) is 5.75 Å². The number of ether oxygens (including phenoxy) is 1. The molecule has 2 aromatic heterocycles. The van der Waals surface area contributed by atoms with E-state index >= 15 is 0 Å². The molecule has 154 valence electrons. The van der Waals surface area contributed by atoms with Crippen LogP contribution in [0.25, 0.3) is 5.78 Å². The van der Waals surface area contributed by atoms with Crippen LogP contribution in [0.2, 0.25) is 15.1 Å². The summed E-state index contributed by atoms with van der Waals surface area (Å²) in [5.41, 5.74) is 1.14. The fourth-order valence-electron chi connectivity index (χ4n) is 2.79. The van der Waals surface area contributed by atoms with Crippen molar-refractivity contribution >= 4 is 52.3 Å². The molecule has 0 aliphatic heterocycles. The summed E-state index contributed by atoms with van der Waals surface area (Å²) in [5.74, 6) is 0.846. The van der Waals surface area contributed by atoms with Crippen molar-refractivity contribution < 1.29 is 9.13 Å². The molecule has 0 amide bonds. The number of rotatable bonds is 6. The number of fused-ring (bicyclic) bond motifs is 1. The quantitative estimate of drug-likeness (QED) is 0.287. The van der Waals surface area contributed by atoms with Crippen LogP contribution in [0.15, 0.2) is 53.8 Å². The molecule has 0 saturated heterocycles. The second-order valence-corrected chi connectivity index (χ2v) is 8.49. The molecule has 2 heterocycles. The minimum Gasteiger partial charge on any atom is -0.483 e. The molecule has 0 aliphatic rings. The van der Waals surface area contributed by atoms with Gasteiger partial charge < -0.3 is 4.74 Å². The molecule has 0 fully saturated rings. The largest absolute Gasteiger partial charge is 0.483 e. The van der Waals surface area contributed by atoms with E-state index in [1.165, 1.54) is 17.8 Å². The van der Waals surface area contributed by atoms with Gasteiger partial charge >= 0.3 is 0 Å². The Morgan fingerprint density at radius 2 is 1.97 bits per heavy atom. The van der Waals surface area contributed by atoms with Crippen LogP contribution in [0.1, 0.15) is 24.3 Å². The van der Waals surface area contributed by atoms with E-state index < -0.39 is 6.10 Å². The molecule has 0 saturated carbocycles. The Hall–Kier alpha value is -2.06. The molecule has 1 unspecified atom stereocenters.